The fourth-order valence-corrected chi connectivity index (χ4v) is 1.81. The molecule has 16 heavy (non-hydrogen) atoms. The van der Waals surface area contributed by atoms with Crippen molar-refractivity contribution in [2.75, 3.05) is 19.6 Å². The highest BCUT2D eigenvalue weighted by Crippen LogP contribution is 2.10. The van der Waals surface area contributed by atoms with E-state index in [1.165, 1.54) is 17.5 Å². The summed E-state index contributed by atoms with van der Waals surface area (Å²) in [6.07, 6.45) is 2.24. The quantitative estimate of drug-likeness (QED) is 0.542. The Balaban J connectivity index is 2.45. The fourth-order valence-electron chi connectivity index (χ4n) is 1.69. The van der Waals surface area contributed by atoms with Crippen LogP contribution in [0.4, 0.5) is 0 Å². The molecule has 1 nitrogen and oxygen atoms in total. The highest BCUT2D eigenvalue weighted by Gasteiger charge is 2.00. The Hall–Kier alpha value is -0.530. The summed E-state index contributed by atoms with van der Waals surface area (Å²) in [7, 11) is 2.04. The highest BCUT2D eigenvalue weighted by molar-refractivity contribution is 6.17. The van der Waals surface area contributed by atoms with Gasteiger partial charge in [0.2, 0.25) is 0 Å². The normalized spacial score (nSPS) is 11.4. The van der Waals surface area contributed by atoms with Crippen LogP contribution in [0.5, 0.6) is 0 Å². The summed E-state index contributed by atoms with van der Waals surface area (Å²) in [5, 5.41) is 0. The molecular weight excluding hydrogens is 218 g/mol. The van der Waals surface area contributed by atoms with E-state index in [1.807, 2.05) is 7.05 Å². The molecular formula is C14H22ClN. The van der Waals surface area contributed by atoms with Crippen LogP contribution in [-0.2, 0) is 12.8 Å². The molecule has 1 aromatic rings. The smallest absolute Gasteiger partial charge is 0.0736 e. The van der Waals surface area contributed by atoms with Crippen molar-refractivity contribution < 1.29 is 0 Å². The van der Waals surface area contributed by atoms with Crippen molar-refractivity contribution in [2.24, 2.45) is 5.92 Å². The van der Waals surface area contributed by atoms with Crippen molar-refractivity contribution >= 4 is 11.6 Å². The summed E-state index contributed by atoms with van der Waals surface area (Å²) < 4.78 is 0. The van der Waals surface area contributed by atoms with Crippen LogP contribution >= 0.6 is 11.6 Å². The molecule has 0 unspecified atom stereocenters. The van der Waals surface area contributed by atoms with Gasteiger partial charge < -0.3 is 0 Å². The van der Waals surface area contributed by atoms with Gasteiger partial charge in [-0.15, -0.1) is 11.6 Å². The Kier molecular flexibility index (Phi) is 5.86. The zero-order valence-corrected chi connectivity index (χ0v) is 11.3. The maximum absolute atomic E-state index is 5.73. The van der Waals surface area contributed by atoms with E-state index in [4.69, 9.17) is 11.6 Å². The summed E-state index contributed by atoms with van der Waals surface area (Å²) in [5.41, 5.74) is 2.83. The molecule has 0 amide bonds. The highest BCUT2D eigenvalue weighted by atomic mass is 35.5. The lowest BCUT2D eigenvalue weighted by molar-refractivity contribution is 0.394. The standard InChI is InChI=1S/C14H22ClN/c1-12(2)10-14-6-4-13(5-7-14)8-9-16(3)11-15/h4-7,12H,8-11H2,1-3H3. The monoisotopic (exact) mass is 239 g/mol. The summed E-state index contributed by atoms with van der Waals surface area (Å²) in [6.45, 7) is 5.53. The molecule has 2 heteroatoms. The number of halogens is 1. The van der Waals surface area contributed by atoms with E-state index >= 15 is 0 Å². The molecule has 0 saturated carbocycles. The van der Waals surface area contributed by atoms with Crippen LogP contribution in [0.3, 0.4) is 0 Å². The summed E-state index contributed by atoms with van der Waals surface area (Å²) >= 11 is 5.73. The molecule has 0 aliphatic rings. The molecule has 0 fully saturated rings. The van der Waals surface area contributed by atoms with E-state index in [0.717, 1.165) is 18.9 Å². The first-order valence-electron chi connectivity index (χ1n) is 5.94. The molecule has 0 aliphatic heterocycles. The van der Waals surface area contributed by atoms with Crippen LogP contribution < -0.4 is 0 Å². The lowest BCUT2D eigenvalue weighted by Gasteiger charge is -2.12. The summed E-state index contributed by atoms with van der Waals surface area (Å²) in [4.78, 5) is 2.11. The molecule has 0 saturated heterocycles. The van der Waals surface area contributed by atoms with Crippen LogP contribution in [-0.4, -0.2) is 24.5 Å². The molecule has 90 valence electrons. The molecule has 0 atom stereocenters. The van der Waals surface area contributed by atoms with Gasteiger partial charge in [0.05, 0.1) is 6.00 Å². The van der Waals surface area contributed by atoms with Crippen molar-refractivity contribution in [3.63, 3.8) is 0 Å². The minimum Gasteiger partial charge on any atom is -0.293 e. The van der Waals surface area contributed by atoms with Gasteiger partial charge in [-0.1, -0.05) is 38.1 Å². The number of hydrogen-bond donors (Lipinski definition) is 0. The minimum absolute atomic E-state index is 0.603. The first kappa shape index (κ1) is 13.5. The predicted octanol–water partition coefficient (Wildman–Crippen LogP) is 3.56. The number of alkyl halides is 1. The molecule has 0 aliphatic carbocycles. The fraction of sp³-hybridized carbons (Fsp3) is 0.571. The van der Waals surface area contributed by atoms with Gasteiger partial charge in [0, 0.05) is 6.54 Å². The number of hydrogen-bond acceptors (Lipinski definition) is 1. The third-order valence-corrected chi connectivity index (χ3v) is 3.06. The largest absolute Gasteiger partial charge is 0.293 e. The second-order valence-electron chi connectivity index (χ2n) is 4.86. The van der Waals surface area contributed by atoms with Crippen LogP contribution in [0.1, 0.15) is 25.0 Å². The van der Waals surface area contributed by atoms with Gasteiger partial charge >= 0.3 is 0 Å². The lowest BCUT2D eigenvalue weighted by Crippen LogP contribution is -2.19. The van der Waals surface area contributed by atoms with Gasteiger partial charge in [-0.25, -0.2) is 0 Å². The minimum atomic E-state index is 0.603. The predicted molar refractivity (Wildman–Crippen MR) is 72.0 cm³/mol. The molecule has 0 bridgehead atoms. The lowest BCUT2D eigenvalue weighted by atomic mass is 10.0. The van der Waals surface area contributed by atoms with Gasteiger partial charge in [-0.2, -0.15) is 0 Å². The Bertz CT molecular complexity index is 292. The molecule has 0 aromatic heterocycles. The van der Waals surface area contributed by atoms with Crippen molar-refractivity contribution in [1.29, 1.82) is 0 Å². The van der Waals surface area contributed by atoms with E-state index in [9.17, 15) is 0 Å². The number of likely N-dealkylation sites (N-methyl/N-ethyl adjacent to an activating group) is 1. The Morgan fingerprint density at radius 3 is 2.19 bits per heavy atom. The molecule has 0 radical (unpaired) electrons. The average molecular weight is 240 g/mol. The number of rotatable bonds is 6. The summed E-state index contributed by atoms with van der Waals surface area (Å²) in [6, 6.07) is 9.57. The van der Waals surface area contributed by atoms with Crippen molar-refractivity contribution in [1.82, 2.24) is 4.90 Å². The Morgan fingerprint density at radius 1 is 1.12 bits per heavy atom. The molecule has 0 N–H and O–H groups in total. The van der Waals surface area contributed by atoms with E-state index in [1.54, 1.807) is 0 Å². The molecule has 0 heterocycles. The van der Waals surface area contributed by atoms with Crippen LogP contribution in [0.2, 0.25) is 0 Å². The third kappa shape index (κ3) is 5.00. The van der Waals surface area contributed by atoms with Gasteiger partial charge in [0.15, 0.2) is 0 Å². The van der Waals surface area contributed by atoms with E-state index in [0.29, 0.717) is 6.00 Å². The van der Waals surface area contributed by atoms with E-state index in [2.05, 4.69) is 43.0 Å². The molecule has 0 spiro atoms. The second kappa shape index (κ2) is 6.93. The van der Waals surface area contributed by atoms with Crippen molar-refractivity contribution in [3.05, 3.63) is 35.4 Å². The number of nitrogens with zero attached hydrogens (tertiary/aromatic N) is 1. The first-order chi connectivity index (χ1) is 7.61. The van der Waals surface area contributed by atoms with E-state index < -0.39 is 0 Å². The summed E-state index contributed by atoms with van der Waals surface area (Å²) in [5.74, 6) is 0.730. The number of benzene rings is 1. The van der Waals surface area contributed by atoms with Crippen molar-refractivity contribution in [2.45, 2.75) is 26.7 Å². The van der Waals surface area contributed by atoms with Crippen LogP contribution in [0, 0.1) is 5.92 Å². The van der Waals surface area contributed by atoms with Crippen molar-refractivity contribution in [3.8, 4) is 0 Å². The Labute approximate surface area is 104 Å². The average Bonchev–Trinajstić information content (AvgIpc) is 2.27. The van der Waals surface area contributed by atoms with Crippen LogP contribution in [0.15, 0.2) is 24.3 Å². The van der Waals surface area contributed by atoms with Gasteiger partial charge in [-0.05, 0) is 36.9 Å². The third-order valence-electron chi connectivity index (χ3n) is 2.65. The zero-order chi connectivity index (χ0) is 12.0. The van der Waals surface area contributed by atoms with Crippen LogP contribution in [0.25, 0.3) is 0 Å². The second-order valence-corrected chi connectivity index (χ2v) is 5.10. The van der Waals surface area contributed by atoms with Gasteiger partial charge in [0.1, 0.15) is 0 Å². The first-order valence-corrected chi connectivity index (χ1v) is 6.47. The van der Waals surface area contributed by atoms with Gasteiger partial charge in [-0.3, -0.25) is 4.90 Å². The van der Waals surface area contributed by atoms with E-state index in [-0.39, 0.29) is 0 Å². The maximum Gasteiger partial charge on any atom is 0.0736 e. The SMILES string of the molecule is CC(C)Cc1ccc(CCN(C)CCl)cc1. The molecule has 1 aromatic carbocycles. The Morgan fingerprint density at radius 2 is 1.69 bits per heavy atom. The van der Waals surface area contributed by atoms with Gasteiger partial charge in [0.25, 0.3) is 0 Å². The zero-order valence-electron chi connectivity index (χ0n) is 10.5. The molecule has 1 rings (SSSR count). The maximum atomic E-state index is 5.73. The topological polar surface area (TPSA) is 3.24 Å².